The van der Waals surface area contributed by atoms with Gasteiger partial charge in [0, 0.05) is 6.04 Å². The van der Waals surface area contributed by atoms with Gasteiger partial charge in [-0.15, -0.1) is 0 Å². The maximum atomic E-state index is 6.35. The van der Waals surface area contributed by atoms with Crippen molar-refractivity contribution < 1.29 is 9.47 Å². The van der Waals surface area contributed by atoms with Crippen molar-refractivity contribution in [2.45, 2.75) is 26.3 Å². The third-order valence-electron chi connectivity index (χ3n) is 3.73. The highest BCUT2D eigenvalue weighted by Gasteiger charge is 2.12. The van der Waals surface area contributed by atoms with Crippen molar-refractivity contribution in [3.63, 3.8) is 0 Å². The molecular formula is C18H23NO2. The summed E-state index contributed by atoms with van der Waals surface area (Å²) in [5, 5.41) is 0. The summed E-state index contributed by atoms with van der Waals surface area (Å²) in [4.78, 5) is 0. The van der Waals surface area contributed by atoms with Gasteiger partial charge in [-0.1, -0.05) is 24.3 Å². The van der Waals surface area contributed by atoms with E-state index >= 15 is 0 Å². The lowest BCUT2D eigenvalue weighted by molar-refractivity contribution is 0.408. The maximum Gasteiger partial charge on any atom is 0.124 e. The van der Waals surface area contributed by atoms with Gasteiger partial charge in [0.25, 0.3) is 0 Å². The maximum absolute atomic E-state index is 6.35. The van der Waals surface area contributed by atoms with E-state index in [0.717, 1.165) is 34.6 Å². The van der Waals surface area contributed by atoms with Gasteiger partial charge < -0.3 is 15.2 Å². The molecule has 2 aromatic rings. The van der Waals surface area contributed by atoms with Gasteiger partial charge >= 0.3 is 0 Å². The average molecular weight is 285 g/mol. The molecule has 0 bridgehead atoms. The van der Waals surface area contributed by atoms with Gasteiger partial charge in [-0.05, 0) is 54.7 Å². The van der Waals surface area contributed by atoms with E-state index < -0.39 is 0 Å². The number of rotatable bonds is 5. The number of nitrogens with two attached hydrogens (primary N) is 1. The SMILES string of the molecule is COc1ccc(CC(N)c2cc(C)c(OC)c(C)c2)cc1. The van der Waals surface area contributed by atoms with E-state index in [4.69, 9.17) is 15.2 Å². The van der Waals surface area contributed by atoms with E-state index in [-0.39, 0.29) is 6.04 Å². The van der Waals surface area contributed by atoms with E-state index in [1.54, 1.807) is 14.2 Å². The number of aryl methyl sites for hydroxylation is 2. The molecular weight excluding hydrogens is 262 g/mol. The lowest BCUT2D eigenvalue weighted by Gasteiger charge is -2.16. The lowest BCUT2D eigenvalue weighted by atomic mass is 9.96. The van der Waals surface area contributed by atoms with Crippen LogP contribution in [0.25, 0.3) is 0 Å². The first-order valence-corrected chi connectivity index (χ1v) is 7.08. The highest BCUT2D eigenvalue weighted by Crippen LogP contribution is 2.28. The minimum Gasteiger partial charge on any atom is -0.497 e. The Hall–Kier alpha value is -2.00. The first kappa shape index (κ1) is 15.4. The summed E-state index contributed by atoms with van der Waals surface area (Å²) < 4.78 is 10.6. The van der Waals surface area contributed by atoms with Crippen molar-refractivity contribution >= 4 is 0 Å². The van der Waals surface area contributed by atoms with Gasteiger partial charge in [0.15, 0.2) is 0 Å². The van der Waals surface area contributed by atoms with Gasteiger partial charge in [0.1, 0.15) is 11.5 Å². The second kappa shape index (κ2) is 6.64. The van der Waals surface area contributed by atoms with E-state index in [2.05, 4.69) is 38.1 Å². The fourth-order valence-electron chi connectivity index (χ4n) is 2.65. The summed E-state index contributed by atoms with van der Waals surface area (Å²) in [6.45, 7) is 4.10. The van der Waals surface area contributed by atoms with Crippen molar-refractivity contribution in [2.24, 2.45) is 5.73 Å². The van der Waals surface area contributed by atoms with Crippen molar-refractivity contribution in [1.29, 1.82) is 0 Å². The summed E-state index contributed by atoms with van der Waals surface area (Å²) in [6, 6.07) is 12.2. The smallest absolute Gasteiger partial charge is 0.124 e. The van der Waals surface area contributed by atoms with E-state index in [1.165, 1.54) is 5.56 Å². The monoisotopic (exact) mass is 285 g/mol. The highest BCUT2D eigenvalue weighted by atomic mass is 16.5. The molecule has 0 aromatic heterocycles. The normalized spacial score (nSPS) is 12.0. The quantitative estimate of drug-likeness (QED) is 0.913. The first-order valence-electron chi connectivity index (χ1n) is 7.08. The van der Waals surface area contributed by atoms with Crippen LogP contribution in [-0.4, -0.2) is 14.2 Å². The van der Waals surface area contributed by atoms with Crippen LogP contribution in [0.1, 0.15) is 28.3 Å². The van der Waals surface area contributed by atoms with Crippen LogP contribution in [-0.2, 0) is 6.42 Å². The molecule has 2 N–H and O–H groups in total. The molecule has 0 saturated carbocycles. The predicted molar refractivity (Wildman–Crippen MR) is 86.1 cm³/mol. The van der Waals surface area contributed by atoms with Gasteiger partial charge in [0.05, 0.1) is 14.2 Å². The molecule has 0 fully saturated rings. The topological polar surface area (TPSA) is 44.5 Å². The summed E-state index contributed by atoms with van der Waals surface area (Å²) >= 11 is 0. The van der Waals surface area contributed by atoms with Crippen molar-refractivity contribution in [3.8, 4) is 11.5 Å². The number of hydrogen-bond donors (Lipinski definition) is 1. The summed E-state index contributed by atoms with van der Waals surface area (Å²) in [7, 11) is 3.37. The molecule has 21 heavy (non-hydrogen) atoms. The molecule has 0 amide bonds. The number of benzene rings is 2. The summed E-state index contributed by atoms with van der Waals surface area (Å²) in [5.41, 5.74) is 10.9. The van der Waals surface area contributed by atoms with Crippen LogP contribution >= 0.6 is 0 Å². The Morgan fingerprint density at radius 3 is 2.00 bits per heavy atom. The largest absolute Gasteiger partial charge is 0.497 e. The van der Waals surface area contributed by atoms with Gasteiger partial charge in [0.2, 0.25) is 0 Å². The Labute approximate surface area is 126 Å². The van der Waals surface area contributed by atoms with Crippen LogP contribution in [0.2, 0.25) is 0 Å². The minimum atomic E-state index is -0.0262. The van der Waals surface area contributed by atoms with Gasteiger partial charge in [-0.2, -0.15) is 0 Å². The van der Waals surface area contributed by atoms with Crippen molar-refractivity contribution in [1.82, 2.24) is 0 Å². The van der Waals surface area contributed by atoms with Gasteiger partial charge in [-0.25, -0.2) is 0 Å². The average Bonchev–Trinajstić information content (AvgIpc) is 2.47. The second-order valence-electron chi connectivity index (χ2n) is 5.35. The molecule has 0 aliphatic heterocycles. The zero-order valence-electron chi connectivity index (χ0n) is 13.1. The first-order chi connectivity index (χ1) is 10.0. The molecule has 0 aliphatic carbocycles. The zero-order valence-corrected chi connectivity index (χ0v) is 13.1. The molecule has 112 valence electrons. The third-order valence-corrected chi connectivity index (χ3v) is 3.73. The zero-order chi connectivity index (χ0) is 15.4. The van der Waals surface area contributed by atoms with Gasteiger partial charge in [-0.3, -0.25) is 0 Å². The fourth-order valence-corrected chi connectivity index (χ4v) is 2.65. The molecule has 0 spiro atoms. The van der Waals surface area contributed by atoms with Crippen LogP contribution < -0.4 is 15.2 Å². The molecule has 1 unspecified atom stereocenters. The van der Waals surface area contributed by atoms with Crippen molar-refractivity contribution in [3.05, 3.63) is 58.7 Å². The summed E-state index contributed by atoms with van der Waals surface area (Å²) in [5.74, 6) is 1.80. The van der Waals surface area contributed by atoms with Crippen LogP contribution in [0.5, 0.6) is 11.5 Å². The molecule has 2 aromatic carbocycles. The highest BCUT2D eigenvalue weighted by molar-refractivity contribution is 5.44. The second-order valence-corrected chi connectivity index (χ2v) is 5.35. The van der Waals surface area contributed by atoms with E-state index in [1.807, 2.05) is 12.1 Å². The Kier molecular flexibility index (Phi) is 4.86. The van der Waals surface area contributed by atoms with Crippen LogP contribution in [0, 0.1) is 13.8 Å². The molecule has 1 atom stereocenters. The molecule has 0 aliphatic rings. The molecule has 2 rings (SSSR count). The molecule has 0 saturated heterocycles. The molecule has 0 radical (unpaired) electrons. The molecule has 0 heterocycles. The number of ether oxygens (including phenoxy) is 2. The predicted octanol–water partition coefficient (Wildman–Crippen LogP) is 3.56. The van der Waals surface area contributed by atoms with Crippen LogP contribution in [0.15, 0.2) is 36.4 Å². The lowest BCUT2D eigenvalue weighted by Crippen LogP contribution is -2.14. The molecule has 3 nitrogen and oxygen atoms in total. The Morgan fingerprint density at radius 2 is 1.52 bits per heavy atom. The number of hydrogen-bond acceptors (Lipinski definition) is 3. The fraction of sp³-hybridized carbons (Fsp3) is 0.333. The summed E-state index contributed by atoms with van der Waals surface area (Å²) in [6.07, 6.45) is 0.801. The number of methoxy groups -OCH3 is 2. The third kappa shape index (κ3) is 3.56. The van der Waals surface area contributed by atoms with Crippen LogP contribution in [0.4, 0.5) is 0 Å². The Morgan fingerprint density at radius 1 is 0.952 bits per heavy atom. The molecule has 3 heteroatoms. The standard InChI is InChI=1S/C18H23NO2/c1-12-9-15(10-13(2)18(12)21-4)17(19)11-14-5-7-16(20-3)8-6-14/h5-10,17H,11,19H2,1-4H3. The van der Waals surface area contributed by atoms with E-state index in [0.29, 0.717) is 0 Å². The van der Waals surface area contributed by atoms with Crippen molar-refractivity contribution in [2.75, 3.05) is 14.2 Å². The Bertz CT molecular complexity index is 582. The van der Waals surface area contributed by atoms with Crippen LogP contribution in [0.3, 0.4) is 0 Å². The Balaban J connectivity index is 2.17. The minimum absolute atomic E-state index is 0.0262. The van der Waals surface area contributed by atoms with E-state index in [9.17, 15) is 0 Å².